The van der Waals surface area contributed by atoms with Crippen LogP contribution >= 0.6 is 23.4 Å². The topological polar surface area (TPSA) is 69.0 Å². The molecule has 6 nitrogen and oxygen atoms in total. The molecule has 1 amide bonds. The predicted octanol–water partition coefficient (Wildman–Crippen LogP) is 5.63. The van der Waals surface area contributed by atoms with Gasteiger partial charge in [0.15, 0.2) is 11.0 Å². The number of nitrogens with one attached hydrogen (secondary N) is 1. The smallest absolute Gasteiger partial charge is 0.251 e. The lowest BCUT2D eigenvalue weighted by molar-refractivity contribution is 0.0939. The number of ether oxygens (including phenoxy) is 1. The number of thioether (sulfide) groups is 1. The van der Waals surface area contributed by atoms with Crippen molar-refractivity contribution in [3.05, 3.63) is 64.7 Å². The predicted molar refractivity (Wildman–Crippen MR) is 130 cm³/mol. The minimum absolute atomic E-state index is 0.0374. The molecule has 170 valence electrons. The van der Waals surface area contributed by atoms with Crippen molar-refractivity contribution in [3.63, 3.8) is 0 Å². The normalized spacial score (nSPS) is 13.0. The quantitative estimate of drug-likeness (QED) is 0.387. The third kappa shape index (κ3) is 5.91. The van der Waals surface area contributed by atoms with Crippen molar-refractivity contribution in [2.45, 2.75) is 50.2 Å². The first-order valence-corrected chi connectivity index (χ1v) is 12.0. The van der Waals surface area contributed by atoms with Crippen LogP contribution in [0.4, 0.5) is 0 Å². The lowest BCUT2D eigenvalue weighted by Gasteiger charge is -2.17. The van der Waals surface area contributed by atoms with Crippen LogP contribution in [0, 0.1) is 0 Å². The molecule has 0 radical (unpaired) electrons. The molecule has 3 rings (SSSR count). The summed E-state index contributed by atoms with van der Waals surface area (Å²) in [7, 11) is 1.68. The highest BCUT2D eigenvalue weighted by Gasteiger charge is 2.21. The van der Waals surface area contributed by atoms with Gasteiger partial charge in [-0.05, 0) is 50.1 Å². The maximum Gasteiger partial charge on any atom is 0.251 e. The van der Waals surface area contributed by atoms with Crippen LogP contribution in [0.2, 0.25) is 5.02 Å². The molecule has 0 aliphatic carbocycles. The molecule has 32 heavy (non-hydrogen) atoms. The number of nitrogens with zero attached hydrogens (tertiary/aromatic N) is 3. The highest BCUT2D eigenvalue weighted by Crippen LogP contribution is 2.33. The fourth-order valence-corrected chi connectivity index (χ4v) is 4.44. The lowest BCUT2D eigenvalue weighted by atomic mass is 10.1. The second-order valence-electron chi connectivity index (χ2n) is 7.73. The number of aromatic nitrogens is 3. The van der Waals surface area contributed by atoms with Gasteiger partial charge in [-0.25, -0.2) is 0 Å². The van der Waals surface area contributed by atoms with Gasteiger partial charge in [-0.15, -0.1) is 10.2 Å². The fourth-order valence-electron chi connectivity index (χ4n) is 3.22. The van der Waals surface area contributed by atoms with Crippen molar-refractivity contribution in [3.8, 4) is 11.4 Å². The van der Waals surface area contributed by atoms with E-state index in [1.54, 1.807) is 18.9 Å². The first-order valence-electron chi connectivity index (χ1n) is 10.7. The van der Waals surface area contributed by atoms with Gasteiger partial charge in [0.05, 0.1) is 17.7 Å². The number of carbonyl (C=O) groups is 1. The molecule has 0 saturated carbocycles. The molecular formula is C24H29ClN4O2S. The second kappa shape index (κ2) is 11.5. The van der Waals surface area contributed by atoms with Crippen LogP contribution < -0.4 is 5.32 Å². The molecule has 0 bridgehead atoms. The highest BCUT2D eigenvalue weighted by molar-refractivity contribution is 7.98. The summed E-state index contributed by atoms with van der Waals surface area (Å²) in [6.07, 6.45) is 0.902. The summed E-state index contributed by atoms with van der Waals surface area (Å²) in [6, 6.07) is 15.5. The van der Waals surface area contributed by atoms with Gasteiger partial charge in [0.1, 0.15) is 0 Å². The van der Waals surface area contributed by atoms with Crippen molar-refractivity contribution in [2.24, 2.45) is 0 Å². The number of hydrogen-bond acceptors (Lipinski definition) is 5. The number of rotatable bonds is 10. The Bertz CT molecular complexity index is 1040. The van der Waals surface area contributed by atoms with Crippen LogP contribution in [0.1, 0.15) is 49.2 Å². The van der Waals surface area contributed by atoms with E-state index < -0.39 is 0 Å². The zero-order chi connectivity index (χ0) is 23.1. The standard InChI is InChI=1S/C24H29ClN4O2S/c1-5-16(2)26-23(30)19-12-10-18(11-13-19)15-32-24-28-27-22(29(24)17(3)14-31-4)20-8-6-7-9-21(20)25/h6-13,16-17H,5,14-15H2,1-4H3,(H,26,30). The minimum Gasteiger partial charge on any atom is -0.383 e. The van der Waals surface area contributed by atoms with Crippen molar-refractivity contribution < 1.29 is 9.53 Å². The summed E-state index contributed by atoms with van der Waals surface area (Å²) in [4.78, 5) is 12.3. The zero-order valence-corrected chi connectivity index (χ0v) is 20.4. The van der Waals surface area contributed by atoms with Crippen LogP contribution in [-0.2, 0) is 10.5 Å². The van der Waals surface area contributed by atoms with Crippen molar-refractivity contribution in [2.75, 3.05) is 13.7 Å². The Morgan fingerprint density at radius 3 is 2.53 bits per heavy atom. The number of carbonyl (C=O) groups excluding carboxylic acids is 1. The second-order valence-corrected chi connectivity index (χ2v) is 9.08. The van der Waals surface area contributed by atoms with Gasteiger partial charge in [-0.1, -0.05) is 54.6 Å². The number of benzene rings is 2. The van der Waals surface area contributed by atoms with Crippen molar-refractivity contribution in [1.29, 1.82) is 0 Å². The van der Waals surface area contributed by atoms with E-state index in [4.69, 9.17) is 16.3 Å². The molecule has 8 heteroatoms. The van der Waals surface area contributed by atoms with Crippen LogP contribution in [0.15, 0.2) is 53.7 Å². The highest BCUT2D eigenvalue weighted by atomic mass is 35.5. The molecule has 1 N–H and O–H groups in total. The Labute approximate surface area is 198 Å². The first kappa shape index (κ1) is 24.3. The van der Waals surface area contributed by atoms with Crippen LogP contribution in [0.3, 0.4) is 0 Å². The Morgan fingerprint density at radius 1 is 1.16 bits per heavy atom. The number of hydrogen-bond donors (Lipinski definition) is 1. The zero-order valence-electron chi connectivity index (χ0n) is 18.8. The van der Waals surface area contributed by atoms with Gasteiger partial charge in [0.2, 0.25) is 0 Å². The summed E-state index contributed by atoms with van der Waals surface area (Å²) in [5.74, 6) is 1.38. The van der Waals surface area contributed by atoms with E-state index in [0.29, 0.717) is 22.9 Å². The van der Waals surface area contributed by atoms with E-state index in [1.807, 2.05) is 55.5 Å². The summed E-state index contributed by atoms with van der Waals surface area (Å²) in [6.45, 7) is 6.65. The third-order valence-corrected chi connectivity index (χ3v) is 6.55. The van der Waals surface area contributed by atoms with E-state index in [2.05, 4.69) is 33.9 Å². The van der Waals surface area contributed by atoms with Crippen molar-refractivity contribution in [1.82, 2.24) is 20.1 Å². The van der Waals surface area contributed by atoms with E-state index in [-0.39, 0.29) is 18.0 Å². The molecule has 0 aliphatic heterocycles. The number of methoxy groups -OCH3 is 1. The van der Waals surface area contributed by atoms with Crippen LogP contribution in [0.25, 0.3) is 11.4 Å². The maximum atomic E-state index is 12.3. The molecule has 3 aromatic rings. The van der Waals surface area contributed by atoms with E-state index in [9.17, 15) is 4.79 Å². The number of halogens is 1. The SMILES string of the molecule is CCC(C)NC(=O)c1ccc(CSc2nnc(-c3ccccc3Cl)n2C(C)COC)cc1. The molecule has 0 saturated heterocycles. The van der Waals surface area contributed by atoms with Crippen LogP contribution in [0.5, 0.6) is 0 Å². The molecule has 2 aromatic carbocycles. The van der Waals surface area contributed by atoms with Gasteiger partial charge in [-0.3, -0.25) is 9.36 Å². The monoisotopic (exact) mass is 472 g/mol. The minimum atomic E-state index is -0.0453. The molecule has 2 atom stereocenters. The van der Waals surface area contributed by atoms with Gasteiger partial charge >= 0.3 is 0 Å². The maximum absolute atomic E-state index is 12.3. The Balaban J connectivity index is 1.77. The fraction of sp³-hybridized carbons (Fsp3) is 0.375. The summed E-state index contributed by atoms with van der Waals surface area (Å²) >= 11 is 8.02. The molecule has 2 unspecified atom stereocenters. The average Bonchev–Trinajstić information content (AvgIpc) is 3.22. The number of amides is 1. The summed E-state index contributed by atoms with van der Waals surface area (Å²) in [5, 5.41) is 13.3. The molecular weight excluding hydrogens is 444 g/mol. The molecule has 0 aliphatic rings. The van der Waals surface area contributed by atoms with E-state index in [0.717, 1.165) is 28.5 Å². The molecule has 0 spiro atoms. The average molecular weight is 473 g/mol. The Kier molecular flexibility index (Phi) is 8.73. The largest absolute Gasteiger partial charge is 0.383 e. The van der Waals surface area contributed by atoms with Gasteiger partial charge in [-0.2, -0.15) is 0 Å². The van der Waals surface area contributed by atoms with Gasteiger partial charge < -0.3 is 10.1 Å². The summed E-state index contributed by atoms with van der Waals surface area (Å²) in [5.41, 5.74) is 2.61. The molecule has 0 fully saturated rings. The Hall–Kier alpha value is -2.35. The Morgan fingerprint density at radius 2 is 1.88 bits per heavy atom. The third-order valence-electron chi connectivity index (χ3n) is 5.20. The van der Waals surface area contributed by atoms with E-state index in [1.165, 1.54) is 0 Å². The van der Waals surface area contributed by atoms with Gasteiger partial charge in [0, 0.05) is 30.0 Å². The van der Waals surface area contributed by atoms with Gasteiger partial charge in [0.25, 0.3) is 5.91 Å². The summed E-state index contributed by atoms with van der Waals surface area (Å²) < 4.78 is 7.45. The van der Waals surface area contributed by atoms with Crippen LogP contribution in [-0.4, -0.2) is 40.4 Å². The van der Waals surface area contributed by atoms with E-state index >= 15 is 0 Å². The molecule has 1 aromatic heterocycles. The van der Waals surface area contributed by atoms with Crippen molar-refractivity contribution >= 4 is 29.3 Å². The lowest BCUT2D eigenvalue weighted by Crippen LogP contribution is -2.31. The molecule has 1 heterocycles. The first-order chi connectivity index (χ1) is 15.4.